The number of nitrogens with zero attached hydrogens (tertiary/aromatic N) is 1. The molecule has 0 bridgehead atoms. The molecule has 0 saturated carbocycles. The Kier molecular flexibility index (Phi) is 6.50. The Bertz CT molecular complexity index is 439. The van der Waals surface area contributed by atoms with Crippen molar-refractivity contribution in [2.24, 2.45) is 0 Å². The van der Waals surface area contributed by atoms with E-state index in [4.69, 9.17) is 15.1 Å². The lowest BCUT2D eigenvalue weighted by atomic mass is 9.94. The van der Waals surface area contributed by atoms with E-state index in [9.17, 15) is 0 Å². The van der Waals surface area contributed by atoms with Gasteiger partial charge in [-0.3, -0.25) is 0 Å². The zero-order valence-electron chi connectivity index (χ0n) is 12.5. The Morgan fingerprint density at radius 3 is 2.55 bits per heavy atom. The highest BCUT2D eigenvalue weighted by atomic mass is 16.5. The first-order valence-electron chi connectivity index (χ1n) is 7.04. The van der Waals surface area contributed by atoms with Crippen LogP contribution >= 0.6 is 0 Å². The Balaban J connectivity index is 2.55. The lowest BCUT2D eigenvalue weighted by Crippen LogP contribution is -2.42. The van der Waals surface area contributed by atoms with Crippen LogP contribution in [0.1, 0.15) is 39.2 Å². The van der Waals surface area contributed by atoms with E-state index in [1.54, 1.807) is 6.92 Å². The molecule has 0 radical (unpaired) electrons. The van der Waals surface area contributed by atoms with Crippen molar-refractivity contribution in [3.05, 3.63) is 29.8 Å². The average molecular weight is 276 g/mol. The normalized spacial score (nSPS) is 15.2. The smallest absolute Gasteiger partial charge is 0.181 e. The molecule has 110 valence electrons. The summed E-state index contributed by atoms with van der Waals surface area (Å²) in [5, 5.41) is 21.3. The second kappa shape index (κ2) is 7.88. The quantitative estimate of drug-likeness (QED) is 0.766. The zero-order chi connectivity index (χ0) is 15.0. The molecule has 0 amide bonds. The van der Waals surface area contributed by atoms with E-state index < -0.39 is 6.10 Å². The molecular weight excluding hydrogens is 252 g/mol. The van der Waals surface area contributed by atoms with Crippen LogP contribution in [-0.2, 0) is 6.54 Å². The van der Waals surface area contributed by atoms with Crippen LogP contribution in [0.5, 0.6) is 5.75 Å². The number of benzene rings is 1. The number of aliphatic hydroxyl groups is 1. The molecule has 1 aromatic rings. The van der Waals surface area contributed by atoms with Gasteiger partial charge in [0.2, 0.25) is 0 Å². The zero-order valence-corrected chi connectivity index (χ0v) is 12.5. The first-order valence-corrected chi connectivity index (χ1v) is 7.04. The van der Waals surface area contributed by atoms with Gasteiger partial charge in [-0.2, -0.15) is 5.26 Å². The van der Waals surface area contributed by atoms with E-state index in [2.05, 4.69) is 19.2 Å². The molecule has 20 heavy (non-hydrogen) atoms. The van der Waals surface area contributed by atoms with Gasteiger partial charge in [0, 0.05) is 18.7 Å². The molecule has 0 fully saturated rings. The van der Waals surface area contributed by atoms with Crippen molar-refractivity contribution in [3.8, 4) is 11.8 Å². The number of ether oxygens (including phenoxy) is 1. The van der Waals surface area contributed by atoms with Gasteiger partial charge in [0.05, 0.1) is 0 Å². The second-order valence-corrected chi connectivity index (χ2v) is 5.27. The van der Waals surface area contributed by atoms with E-state index in [0.29, 0.717) is 5.75 Å². The van der Waals surface area contributed by atoms with Gasteiger partial charge in [0.1, 0.15) is 11.8 Å². The van der Waals surface area contributed by atoms with Crippen LogP contribution in [0.4, 0.5) is 0 Å². The standard InChI is InChI=1S/C16H24N2O2/c1-4-16(3,9-10-19)18-12-14-5-7-15(8-6-14)20-13(2)11-17/h5-8,13,18-19H,4,9-10,12H2,1-3H3. The molecule has 4 heteroatoms. The maximum absolute atomic E-state index is 9.09. The fourth-order valence-corrected chi connectivity index (χ4v) is 1.87. The predicted molar refractivity (Wildman–Crippen MR) is 79.4 cm³/mol. The van der Waals surface area contributed by atoms with Gasteiger partial charge in [-0.15, -0.1) is 0 Å². The third-order valence-electron chi connectivity index (χ3n) is 3.58. The maximum atomic E-state index is 9.09. The van der Waals surface area contributed by atoms with Crippen molar-refractivity contribution >= 4 is 0 Å². The molecule has 1 aromatic carbocycles. The van der Waals surface area contributed by atoms with Crippen molar-refractivity contribution in [3.63, 3.8) is 0 Å². The molecule has 0 heterocycles. The summed E-state index contributed by atoms with van der Waals surface area (Å²) < 4.78 is 5.41. The van der Waals surface area contributed by atoms with E-state index in [1.807, 2.05) is 30.3 Å². The van der Waals surface area contributed by atoms with Crippen molar-refractivity contribution in [2.75, 3.05) is 6.61 Å². The van der Waals surface area contributed by atoms with Gasteiger partial charge in [-0.05, 0) is 44.4 Å². The number of nitriles is 1. The lowest BCUT2D eigenvalue weighted by Gasteiger charge is -2.29. The number of rotatable bonds is 8. The third kappa shape index (κ3) is 5.20. The molecular formula is C16H24N2O2. The minimum absolute atomic E-state index is 0.0424. The molecule has 0 aliphatic carbocycles. The minimum Gasteiger partial charge on any atom is -0.476 e. The van der Waals surface area contributed by atoms with E-state index in [-0.39, 0.29) is 12.1 Å². The molecule has 0 aliphatic heterocycles. The van der Waals surface area contributed by atoms with Crippen LogP contribution < -0.4 is 10.1 Å². The lowest BCUT2D eigenvalue weighted by molar-refractivity contribution is 0.214. The molecule has 0 spiro atoms. The van der Waals surface area contributed by atoms with Gasteiger partial charge in [-0.25, -0.2) is 0 Å². The van der Waals surface area contributed by atoms with Gasteiger partial charge in [0.15, 0.2) is 6.10 Å². The van der Waals surface area contributed by atoms with Crippen molar-refractivity contribution in [1.29, 1.82) is 5.26 Å². The van der Waals surface area contributed by atoms with Crippen LogP contribution in [0.2, 0.25) is 0 Å². The summed E-state index contributed by atoms with van der Waals surface area (Å²) >= 11 is 0. The van der Waals surface area contributed by atoms with E-state index in [1.165, 1.54) is 0 Å². The fourth-order valence-electron chi connectivity index (χ4n) is 1.87. The van der Waals surface area contributed by atoms with Gasteiger partial charge in [-0.1, -0.05) is 19.1 Å². The van der Waals surface area contributed by atoms with Crippen LogP contribution in [-0.4, -0.2) is 23.4 Å². The molecule has 0 saturated heterocycles. The molecule has 2 atom stereocenters. The summed E-state index contributed by atoms with van der Waals surface area (Å²) in [5.41, 5.74) is 1.11. The van der Waals surface area contributed by atoms with Crippen molar-refractivity contribution < 1.29 is 9.84 Å². The Morgan fingerprint density at radius 2 is 2.05 bits per heavy atom. The molecule has 2 unspecified atom stereocenters. The summed E-state index contributed by atoms with van der Waals surface area (Å²) in [6, 6.07) is 9.76. The summed E-state index contributed by atoms with van der Waals surface area (Å²) in [5.74, 6) is 0.705. The summed E-state index contributed by atoms with van der Waals surface area (Å²) in [4.78, 5) is 0. The number of aliphatic hydroxyl groups excluding tert-OH is 1. The summed E-state index contributed by atoms with van der Waals surface area (Å²) in [7, 11) is 0. The van der Waals surface area contributed by atoms with Crippen LogP contribution in [0, 0.1) is 11.3 Å². The highest BCUT2D eigenvalue weighted by Crippen LogP contribution is 2.17. The maximum Gasteiger partial charge on any atom is 0.181 e. The summed E-state index contributed by atoms with van der Waals surface area (Å²) in [6.45, 7) is 6.89. The summed E-state index contributed by atoms with van der Waals surface area (Å²) in [6.07, 6.45) is 1.27. The Labute approximate surface area is 121 Å². The average Bonchev–Trinajstić information content (AvgIpc) is 2.47. The topological polar surface area (TPSA) is 65.3 Å². The van der Waals surface area contributed by atoms with Crippen molar-refractivity contribution in [2.45, 2.75) is 51.8 Å². The van der Waals surface area contributed by atoms with Gasteiger partial charge >= 0.3 is 0 Å². The van der Waals surface area contributed by atoms with Gasteiger partial charge < -0.3 is 15.2 Å². The van der Waals surface area contributed by atoms with Gasteiger partial charge in [0.25, 0.3) is 0 Å². The Hall–Kier alpha value is -1.57. The second-order valence-electron chi connectivity index (χ2n) is 5.27. The fraction of sp³-hybridized carbons (Fsp3) is 0.562. The highest BCUT2D eigenvalue weighted by Gasteiger charge is 2.20. The van der Waals surface area contributed by atoms with E-state index >= 15 is 0 Å². The largest absolute Gasteiger partial charge is 0.476 e. The highest BCUT2D eigenvalue weighted by molar-refractivity contribution is 5.27. The molecule has 1 rings (SSSR count). The first-order chi connectivity index (χ1) is 9.53. The van der Waals surface area contributed by atoms with Crippen LogP contribution in [0.15, 0.2) is 24.3 Å². The van der Waals surface area contributed by atoms with E-state index in [0.717, 1.165) is 24.9 Å². The first kappa shape index (κ1) is 16.5. The minimum atomic E-state index is -0.438. The predicted octanol–water partition coefficient (Wildman–Crippen LogP) is 2.62. The van der Waals surface area contributed by atoms with Crippen LogP contribution in [0.3, 0.4) is 0 Å². The Morgan fingerprint density at radius 1 is 1.40 bits per heavy atom. The molecule has 0 aliphatic rings. The van der Waals surface area contributed by atoms with Crippen LogP contribution in [0.25, 0.3) is 0 Å². The number of hydrogen-bond donors (Lipinski definition) is 2. The number of nitrogens with one attached hydrogen (secondary N) is 1. The monoisotopic (exact) mass is 276 g/mol. The molecule has 4 nitrogen and oxygen atoms in total. The number of hydrogen-bond acceptors (Lipinski definition) is 4. The SMILES string of the molecule is CCC(C)(CCO)NCc1ccc(OC(C)C#N)cc1. The van der Waals surface area contributed by atoms with Crippen molar-refractivity contribution in [1.82, 2.24) is 5.32 Å². The molecule has 0 aromatic heterocycles. The third-order valence-corrected chi connectivity index (χ3v) is 3.58. The molecule has 2 N–H and O–H groups in total.